The Morgan fingerprint density at radius 1 is 1.28 bits per heavy atom. The molecule has 0 radical (unpaired) electrons. The zero-order valence-electron chi connectivity index (χ0n) is 11.8. The first-order valence-corrected chi connectivity index (χ1v) is 7.89. The van der Waals surface area contributed by atoms with Crippen LogP contribution in [0.25, 0.3) is 0 Å². The van der Waals surface area contributed by atoms with Gasteiger partial charge >= 0.3 is 0 Å². The molecule has 1 aromatic rings. The Kier molecular flexibility index (Phi) is 4.82. The molecule has 3 unspecified atom stereocenters. The molecule has 0 saturated carbocycles. The van der Waals surface area contributed by atoms with Gasteiger partial charge in [0.15, 0.2) is 0 Å². The van der Waals surface area contributed by atoms with Crippen molar-refractivity contribution < 1.29 is 4.74 Å². The second-order valence-corrected chi connectivity index (χ2v) is 6.81. The summed E-state index contributed by atoms with van der Waals surface area (Å²) >= 11 is 1.86. The molecule has 0 bridgehead atoms. The second kappa shape index (κ2) is 6.18. The molecule has 0 amide bonds. The SMILES string of the molecule is CC1CC(NC(c2cccs2)C(C)C)CC(C)O1. The summed E-state index contributed by atoms with van der Waals surface area (Å²) in [6, 6.07) is 5.45. The van der Waals surface area contributed by atoms with Gasteiger partial charge in [0.25, 0.3) is 0 Å². The lowest BCUT2D eigenvalue weighted by atomic mass is 9.95. The van der Waals surface area contributed by atoms with Gasteiger partial charge in [0.1, 0.15) is 0 Å². The van der Waals surface area contributed by atoms with Crippen molar-refractivity contribution in [2.75, 3.05) is 0 Å². The van der Waals surface area contributed by atoms with Crippen LogP contribution in [0.1, 0.15) is 51.5 Å². The summed E-state index contributed by atoms with van der Waals surface area (Å²) in [5, 5.41) is 6.02. The maximum Gasteiger partial charge on any atom is 0.0565 e. The zero-order chi connectivity index (χ0) is 13.1. The van der Waals surface area contributed by atoms with Gasteiger partial charge in [-0.1, -0.05) is 19.9 Å². The maximum atomic E-state index is 5.81. The number of rotatable bonds is 4. The van der Waals surface area contributed by atoms with Crippen molar-refractivity contribution in [3.05, 3.63) is 22.4 Å². The second-order valence-electron chi connectivity index (χ2n) is 5.83. The average Bonchev–Trinajstić information content (AvgIpc) is 2.77. The topological polar surface area (TPSA) is 21.3 Å². The zero-order valence-corrected chi connectivity index (χ0v) is 12.7. The van der Waals surface area contributed by atoms with Crippen LogP contribution in [0.4, 0.5) is 0 Å². The molecule has 3 heteroatoms. The Hall–Kier alpha value is -0.380. The molecule has 3 atom stereocenters. The van der Waals surface area contributed by atoms with E-state index in [1.54, 1.807) is 0 Å². The smallest absolute Gasteiger partial charge is 0.0565 e. The first-order valence-electron chi connectivity index (χ1n) is 7.01. The minimum Gasteiger partial charge on any atom is -0.375 e. The lowest BCUT2D eigenvalue weighted by Gasteiger charge is -2.36. The summed E-state index contributed by atoms with van der Waals surface area (Å²) in [6.07, 6.45) is 3.00. The molecule has 1 aliphatic rings. The van der Waals surface area contributed by atoms with Crippen LogP contribution in [0.3, 0.4) is 0 Å². The van der Waals surface area contributed by atoms with Gasteiger partial charge in [0, 0.05) is 17.0 Å². The number of thiophene rings is 1. The third-order valence-corrected chi connectivity index (χ3v) is 4.58. The minimum absolute atomic E-state index is 0.377. The van der Waals surface area contributed by atoms with E-state index in [2.05, 4.69) is 50.5 Å². The highest BCUT2D eigenvalue weighted by Crippen LogP contribution is 2.29. The average molecular weight is 267 g/mol. The number of nitrogens with one attached hydrogen (secondary N) is 1. The van der Waals surface area contributed by atoms with Crippen LogP contribution in [0.2, 0.25) is 0 Å². The first kappa shape index (κ1) is 14.0. The minimum atomic E-state index is 0.377. The summed E-state index contributed by atoms with van der Waals surface area (Å²) in [6.45, 7) is 8.95. The van der Waals surface area contributed by atoms with E-state index in [9.17, 15) is 0 Å². The summed E-state index contributed by atoms with van der Waals surface area (Å²) in [4.78, 5) is 1.46. The van der Waals surface area contributed by atoms with E-state index in [0.29, 0.717) is 30.2 Å². The van der Waals surface area contributed by atoms with Gasteiger partial charge in [-0.15, -0.1) is 11.3 Å². The first-order chi connectivity index (χ1) is 8.56. The van der Waals surface area contributed by atoms with Gasteiger partial charge in [-0.25, -0.2) is 0 Å². The Morgan fingerprint density at radius 2 is 1.94 bits per heavy atom. The molecule has 0 aliphatic carbocycles. The molecule has 1 saturated heterocycles. The molecule has 0 spiro atoms. The van der Waals surface area contributed by atoms with Crippen molar-refractivity contribution in [3.63, 3.8) is 0 Å². The third-order valence-electron chi connectivity index (χ3n) is 3.63. The Balaban J connectivity index is 2.01. The fourth-order valence-electron chi connectivity index (χ4n) is 2.87. The van der Waals surface area contributed by atoms with E-state index in [4.69, 9.17) is 4.74 Å². The molecular weight excluding hydrogens is 242 g/mol. The summed E-state index contributed by atoms with van der Waals surface area (Å²) < 4.78 is 5.81. The number of ether oxygens (including phenoxy) is 1. The Bertz CT molecular complexity index is 339. The molecule has 1 N–H and O–H groups in total. The maximum absolute atomic E-state index is 5.81. The normalized spacial score (nSPS) is 30.6. The summed E-state index contributed by atoms with van der Waals surface area (Å²) in [5.74, 6) is 0.622. The van der Waals surface area contributed by atoms with Gasteiger partial charge in [0.05, 0.1) is 12.2 Å². The van der Waals surface area contributed by atoms with Crippen molar-refractivity contribution in [3.8, 4) is 0 Å². The molecule has 2 heterocycles. The molecule has 1 fully saturated rings. The lowest BCUT2D eigenvalue weighted by Crippen LogP contribution is -2.43. The summed E-state index contributed by atoms with van der Waals surface area (Å²) in [5.41, 5.74) is 0. The molecule has 1 aliphatic heterocycles. The van der Waals surface area contributed by atoms with Crippen molar-refractivity contribution in [1.29, 1.82) is 0 Å². The molecule has 0 aromatic carbocycles. The Labute approximate surface area is 115 Å². The van der Waals surface area contributed by atoms with Gasteiger partial charge in [-0.2, -0.15) is 0 Å². The van der Waals surface area contributed by atoms with E-state index >= 15 is 0 Å². The van der Waals surface area contributed by atoms with Gasteiger partial charge in [0.2, 0.25) is 0 Å². The molecule has 2 nitrogen and oxygen atoms in total. The van der Waals surface area contributed by atoms with Gasteiger partial charge in [-0.05, 0) is 44.1 Å². The fraction of sp³-hybridized carbons (Fsp3) is 0.733. The standard InChI is InChI=1S/C15H25NOS/c1-10(2)15(14-6-5-7-18-14)16-13-8-11(3)17-12(4)9-13/h5-7,10-13,15-16H,8-9H2,1-4H3. The highest BCUT2D eigenvalue weighted by molar-refractivity contribution is 7.10. The highest BCUT2D eigenvalue weighted by Gasteiger charge is 2.27. The van der Waals surface area contributed by atoms with E-state index < -0.39 is 0 Å². The van der Waals surface area contributed by atoms with E-state index in [-0.39, 0.29) is 0 Å². The van der Waals surface area contributed by atoms with E-state index in [1.807, 2.05) is 11.3 Å². The molecule has 102 valence electrons. The van der Waals surface area contributed by atoms with Gasteiger partial charge < -0.3 is 10.1 Å². The van der Waals surface area contributed by atoms with Crippen LogP contribution in [0, 0.1) is 5.92 Å². The predicted molar refractivity (Wildman–Crippen MR) is 78.1 cm³/mol. The third kappa shape index (κ3) is 3.56. The van der Waals surface area contributed by atoms with Gasteiger partial charge in [-0.3, -0.25) is 0 Å². The van der Waals surface area contributed by atoms with Crippen LogP contribution in [-0.2, 0) is 4.74 Å². The van der Waals surface area contributed by atoms with Crippen molar-refractivity contribution in [2.24, 2.45) is 5.92 Å². The number of hydrogen-bond donors (Lipinski definition) is 1. The quantitative estimate of drug-likeness (QED) is 0.890. The fourth-order valence-corrected chi connectivity index (χ4v) is 3.82. The highest BCUT2D eigenvalue weighted by atomic mass is 32.1. The molecule has 1 aromatic heterocycles. The van der Waals surface area contributed by atoms with Crippen LogP contribution in [0.5, 0.6) is 0 Å². The van der Waals surface area contributed by atoms with Crippen molar-refractivity contribution in [1.82, 2.24) is 5.32 Å². The predicted octanol–water partition coefficient (Wildman–Crippen LogP) is 3.99. The van der Waals surface area contributed by atoms with Crippen LogP contribution in [-0.4, -0.2) is 18.2 Å². The monoisotopic (exact) mass is 267 g/mol. The van der Waals surface area contributed by atoms with Crippen molar-refractivity contribution >= 4 is 11.3 Å². The molecule has 2 rings (SSSR count). The summed E-state index contributed by atoms with van der Waals surface area (Å²) in [7, 11) is 0. The largest absolute Gasteiger partial charge is 0.375 e. The van der Waals surface area contributed by atoms with E-state index in [0.717, 1.165) is 12.8 Å². The van der Waals surface area contributed by atoms with Crippen LogP contribution >= 0.6 is 11.3 Å². The Morgan fingerprint density at radius 3 is 2.44 bits per heavy atom. The number of hydrogen-bond acceptors (Lipinski definition) is 3. The molecule has 18 heavy (non-hydrogen) atoms. The molecular formula is C15H25NOS. The van der Waals surface area contributed by atoms with Crippen LogP contribution in [0.15, 0.2) is 17.5 Å². The lowest BCUT2D eigenvalue weighted by molar-refractivity contribution is -0.0443. The van der Waals surface area contributed by atoms with Crippen molar-refractivity contribution in [2.45, 2.75) is 64.8 Å². The van der Waals surface area contributed by atoms with E-state index in [1.165, 1.54) is 4.88 Å². The van der Waals surface area contributed by atoms with Crippen LogP contribution < -0.4 is 5.32 Å².